The van der Waals surface area contributed by atoms with Gasteiger partial charge in [-0.05, 0) is 30.9 Å². The average Bonchev–Trinajstić information content (AvgIpc) is 2.39. The highest BCUT2D eigenvalue weighted by Crippen LogP contribution is 2.27. The fourth-order valence-electron chi connectivity index (χ4n) is 1.91. The number of anilines is 1. The molecule has 2 N–H and O–H groups in total. The van der Waals surface area contributed by atoms with Gasteiger partial charge in [0.05, 0.1) is 19.4 Å². The molecule has 1 aliphatic heterocycles. The Kier molecular flexibility index (Phi) is 4.09. The predicted octanol–water partition coefficient (Wildman–Crippen LogP) is 2.08. The lowest BCUT2D eigenvalue weighted by Gasteiger charge is -2.22. The standard InChI is InChI=1S/C13H19NO3/c1-15-13-8-11(2-3-12(13)14)17-9-10-4-6-16-7-5-10/h2-3,8,10H,4-7,9,14H2,1H3. The van der Waals surface area contributed by atoms with Gasteiger partial charge in [-0.25, -0.2) is 0 Å². The summed E-state index contributed by atoms with van der Waals surface area (Å²) in [6.45, 7) is 2.43. The van der Waals surface area contributed by atoms with Crippen LogP contribution in [0.2, 0.25) is 0 Å². The highest BCUT2D eigenvalue weighted by Gasteiger charge is 2.14. The minimum Gasteiger partial charge on any atom is -0.494 e. The topological polar surface area (TPSA) is 53.7 Å². The zero-order valence-electron chi connectivity index (χ0n) is 10.1. The number of ether oxygens (including phenoxy) is 3. The molecule has 4 nitrogen and oxygen atoms in total. The van der Waals surface area contributed by atoms with Gasteiger partial charge in [-0.3, -0.25) is 0 Å². The Balaban J connectivity index is 1.89. The smallest absolute Gasteiger partial charge is 0.145 e. The lowest BCUT2D eigenvalue weighted by molar-refractivity contribution is 0.0497. The number of hydrogen-bond acceptors (Lipinski definition) is 4. The van der Waals surface area contributed by atoms with Crippen molar-refractivity contribution in [1.29, 1.82) is 0 Å². The third-order valence-corrected chi connectivity index (χ3v) is 3.03. The number of methoxy groups -OCH3 is 1. The third-order valence-electron chi connectivity index (χ3n) is 3.03. The molecule has 0 radical (unpaired) electrons. The van der Waals surface area contributed by atoms with Crippen molar-refractivity contribution >= 4 is 5.69 Å². The molecule has 0 aliphatic carbocycles. The first-order valence-electron chi connectivity index (χ1n) is 5.93. The molecule has 1 fully saturated rings. The van der Waals surface area contributed by atoms with Crippen molar-refractivity contribution in [1.82, 2.24) is 0 Å². The summed E-state index contributed by atoms with van der Waals surface area (Å²) >= 11 is 0. The third kappa shape index (κ3) is 3.27. The van der Waals surface area contributed by atoms with Gasteiger partial charge in [0.15, 0.2) is 0 Å². The molecule has 17 heavy (non-hydrogen) atoms. The monoisotopic (exact) mass is 237 g/mol. The molecule has 0 saturated carbocycles. The maximum absolute atomic E-state index is 5.75. The zero-order valence-corrected chi connectivity index (χ0v) is 10.1. The van der Waals surface area contributed by atoms with Crippen LogP contribution in [0.4, 0.5) is 5.69 Å². The summed E-state index contributed by atoms with van der Waals surface area (Å²) in [4.78, 5) is 0. The molecule has 0 atom stereocenters. The van der Waals surface area contributed by atoms with Gasteiger partial charge < -0.3 is 19.9 Å². The summed E-state index contributed by atoms with van der Waals surface area (Å²) < 4.78 is 16.2. The van der Waals surface area contributed by atoms with E-state index in [0.29, 0.717) is 17.4 Å². The van der Waals surface area contributed by atoms with Gasteiger partial charge >= 0.3 is 0 Å². The molecule has 0 bridgehead atoms. The molecule has 1 heterocycles. The predicted molar refractivity (Wildman–Crippen MR) is 66.4 cm³/mol. The van der Waals surface area contributed by atoms with Gasteiger partial charge in [0.2, 0.25) is 0 Å². The molecule has 1 aromatic rings. The van der Waals surface area contributed by atoms with Crippen LogP contribution in [0.15, 0.2) is 18.2 Å². The Hall–Kier alpha value is -1.42. The molecule has 1 aliphatic rings. The van der Waals surface area contributed by atoms with Crippen LogP contribution in [-0.4, -0.2) is 26.9 Å². The first-order valence-corrected chi connectivity index (χ1v) is 5.93. The molecular weight excluding hydrogens is 218 g/mol. The maximum atomic E-state index is 5.75. The van der Waals surface area contributed by atoms with Crippen LogP contribution in [0.25, 0.3) is 0 Å². The molecule has 0 amide bonds. The zero-order chi connectivity index (χ0) is 12.1. The van der Waals surface area contributed by atoms with Gasteiger partial charge in [0.25, 0.3) is 0 Å². The van der Waals surface area contributed by atoms with Gasteiger partial charge in [-0.1, -0.05) is 0 Å². The molecule has 1 aromatic carbocycles. The van der Waals surface area contributed by atoms with Crippen molar-refractivity contribution in [2.45, 2.75) is 12.8 Å². The largest absolute Gasteiger partial charge is 0.494 e. The SMILES string of the molecule is COc1cc(OCC2CCOCC2)ccc1N. The Labute approximate surface area is 102 Å². The molecule has 94 valence electrons. The minimum absolute atomic E-state index is 0.590. The normalized spacial score (nSPS) is 16.8. The first kappa shape index (κ1) is 12.0. The molecule has 2 rings (SSSR count). The molecule has 0 spiro atoms. The highest BCUT2D eigenvalue weighted by atomic mass is 16.5. The van der Waals surface area contributed by atoms with Crippen molar-refractivity contribution < 1.29 is 14.2 Å². The number of hydrogen-bond donors (Lipinski definition) is 1. The second-order valence-corrected chi connectivity index (χ2v) is 4.27. The second-order valence-electron chi connectivity index (χ2n) is 4.27. The van der Waals surface area contributed by atoms with E-state index in [1.807, 2.05) is 12.1 Å². The Morgan fingerprint density at radius 3 is 2.82 bits per heavy atom. The van der Waals surface area contributed by atoms with E-state index in [1.54, 1.807) is 13.2 Å². The number of nitrogens with two attached hydrogens (primary N) is 1. The summed E-state index contributed by atoms with van der Waals surface area (Å²) in [6, 6.07) is 5.50. The fraction of sp³-hybridized carbons (Fsp3) is 0.538. The van der Waals surface area contributed by atoms with Crippen molar-refractivity contribution in [3.05, 3.63) is 18.2 Å². The summed E-state index contributed by atoms with van der Waals surface area (Å²) in [6.07, 6.45) is 2.15. The maximum Gasteiger partial charge on any atom is 0.145 e. The second kappa shape index (κ2) is 5.77. The van der Waals surface area contributed by atoms with E-state index in [2.05, 4.69) is 0 Å². The van der Waals surface area contributed by atoms with Crippen molar-refractivity contribution in [2.24, 2.45) is 5.92 Å². The van der Waals surface area contributed by atoms with Crippen molar-refractivity contribution in [2.75, 3.05) is 32.7 Å². The van der Waals surface area contributed by atoms with Gasteiger partial charge in [0.1, 0.15) is 11.5 Å². The van der Waals surface area contributed by atoms with E-state index >= 15 is 0 Å². The molecule has 4 heteroatoms. The Bertz CT molecular complexity index is 362. The highest BCUT2D eigenvalue weighted by molar-refractivity contribution is 5.55. The van der Waals surface area contributed by atoms with Crippen LogP contribution in [0.3, 0.4) is 0 Å². The van der Waals surface area contributed by atoms with Crippen LogP contribution in [0.1, 0.15) is 12.8 Å². The van der Waals surface area contributed by atoms with Gasteiger partial charge in [-0.15, -0.1) is 0 Å². The van der Waals surface area contributed by atoms with Crippen LogP contribution >= 0.6 is 0 Å². The van der Waals surface area contributed by atoms with E-state index in [4.69, 9.17) is 19.9 Å². The first-order chi connectivity index (χ1) is 8.29. The van der Waals surface area contributed by atoms with Crippen molar-refractivity contribution in [3.8, 4) is 11.5 Å². The lowest BCUT2D eigenvalue weighted by Crippen LogP contribution is -2.21. The molecule has 0 unspecified atom stereocenters. The van der Waals surface area contributed by atoms with E-state index in [0.717, 1.165) is 38.4 Å². The van der Waals surface area contributed by atoms with E-state index in [1.165, 1.54) is 0 Å². The van der Waals surface area contributed by atoms with Crippen LogP contribution in [-0.2, 0) is 4.74 Å². The summed E-state index contributed by atoms with van der Waals surface area (Å²) in [5.41, 5.74) is 6.37. The number of benzene rings is 1. The summed E-state index contributed by atoms with van der Waals surface area (Å²) in [5.74, 6) is 2.06. The lowest BCUT2D eigenvalue weighted by atomic mass is 10.0. The van der Waals surface area contributed by atoms with Crippen LogP contribution < -0.4 is 15.2 Å². The molecular formula is C13H19NO3. The minimum atomic E-state index is 0.590. The van der Waals surface area contributed by atoms with Gasteiger partial charge in [0, 0.05) is 19.3 Å². The van der Waals surface area contributed by atoms with Crippen LogP contribution in [0, 0.1) is 5.92 Å². The summed E-state index contributed by atoms with van der Waals surface area (Å²) in [7, 11) is 1.61. The molecule has 1 saturated heterocycles. The van der Waals surface area contributed by atoms with E-state index in [9.17, 15) is 0 Å². The Morgan fingerprint density at radius 2 is 2.12 bits per heavy atom. The van der Waals surface area contributed by atoms with Gasteiger partial charge in [-0.2, -0.15) is 0 Å². The van der Waals surface area contributed by atoms with Crippen LogP contribution in [0.5, 0.6) is 11.5 Å². The Morgan fingerprint density at radius 1 is 1.35 bits per heavy atom. The number of rotatable bonds is 4. The average molecular weight is 237 g/mol. The van der Waals surface area contributed by atoms with E-state index < -0.39 is 0 Å². The fourth-order valence-corrected chi connectivity index (χ4v) is 1.91. The molecule has 0 aromatic heterocycles. The summed E-state index contributed by atoms with van der Waals surface area (Å²) in [5, 5.41) is 0. The van der Waals surface area contributed by atoms with E-state index in [-0.39, 0.29) is 0 Å². The number of nitrogen functional groups attached to an aromatic ring is 1. The quantitative estimate of drug-likeness (QED) is 0.815. The van der Waals surface area contributed by atoms with Crippen molar-refractivity contribution in [3.63, 3.8) is 0 Å².